The summed E-state index contributed by atoms with van der Waals surface area (Å²) in [6, 6.07) is 8.83. The summed E-state index contributed by atoms with van der Waals surface area (Å²) < 4.78 is 23.6. The highest BCUT2D eigenvalue weighted by molar-refractivity contribution is 5.88. The molecule has 7 nitrogen and oxygen atoms in total. The van der Waals surface area contributed by atoms with E-state index in [1.807, 2.05) is 36.5 Å². The maximum absolute atomic E-state index is 12.0. The molecule has 0 aliphatic carbocycles. The van der Waals surface area contributed by atoms with E-state index >= 15 is 0 Å². The minimum atomic E-state index is -0.880. The van der Waals surface area contributed by atoms with Crippen molar-refractivity contribution in [1.29, 1.82) is 0 Å². The molecule has 5 rings (SSSR count). The lowest BCUT2D eigenvalue weighted by molar-refractivity contribution is -0.700. The van der Waals surface area contributed by atoms with Gasteiger partial charge < -0.3 is 36.5 Å². The average Bonchev–Trinajstić information content (AvgIpc) is 3.16. The zero-order chi connectivity index (χ0) is 19.4. The molecule has 3 heterocycles. The first-order valence-corrected chi connectivity index (χ1v) is 8.85. The Morgan fingerprint density at radius 3 is 2.34 bits per heavy atom. The van der Waals surface area contributed by atoms with Gasteiger partial charge in [0, 0.05) is 17.9 Å². The van der Waals surface area contributed by atoms with E-state index in [0.29, 0.717) is 29.4 Å². The first kappa shape index (κ1) is 19.1. The lowest BCUT2D eigenvalue weighted by Crippen LogP contribution is -3.00. The van der Waals surface area contributed by atoms with Crippen LogP contribution in [-0.4, -0.2) is 32.1 Å². The number of hydrogen-bond acceptors (Lipinski definition) is 5. The molecule has 1 aromatic heterocycles. The molecule has 3 aromatic rings. The van der Waals surface area contributed by atoms with Crippen LogP contribution in [0.4, 0.5) is 0 Å². The van der Waals surface area contributed by atoms with Crippen molar-refractivity contribution in [2.75, 3.05) is 21.0 Å². The van der Waals surface area contributed by atoms with E-state index in [-0.39, 0.29) is 19.2 Å². The Morgan fingerprint density at radius 2 is 1.69 bits per heavy atom. The van der Waals surface area contributed by atoms with Crippen LogP contribution in [0.5, 0.6) is 23.0 Å². The van der Waals surface area contributed by atoms with E-state index in [9.17, 15) is 9.90 Å². The number of nitrogens with zero attached hydrogens (tertiary/aromatic N) is 1. The first-order chi connectivity index (χ1) is 13.6. The molecule has 150 valence electrons. The van der Waals surface area contributed by atoms with Crippen LogP contribution in [-0.2, 0) is 11.2 Å². The number of methoxy groups -OCH3 is 2. The monoisotopic (exact) mass is 415 g/mol. The molecule has 0 saturated carbocycles. The SMILES string of the molecule is COc1cc2cc3[n+](cc2cc1OC)C(C(=O)O)Cc1cc2c(cc1-3)OCO2.[Cl-]. The minimum absolute atomic E-state index is 0. The summed E-state index contributed by atoms with van der Waals surface area (Å²) >= 11 is 0. The Bertz CT molecular complexity index is 1150. The summed E-state index contributed by atoms with van der Waals surface area (Å²) in [5, 5.41) is 11.6. The third kappa shape index (κ3) is 2.89. The van der Waals surface area contributed by atoms with Gasteiger partial charge in [0.1, 0.15) is 0 Å². The van der Waals surface area contributed by atoms with Gasteiger partial charge in [0.05, 0.1) is 19.8 Å². The molecule has 0 amide bonds. The Balaban J connectivity index is 0.00000205. The van der Waals surface area contributed by atoms with E-state index in [1.165, 1.54) is 0 Å². The first-order valence-electron chi connectivity index (χ1n) is 8.85. The summed E-state index contributed by atoms with van der Waals surface area (Å²) in [6.45, 7) is 0.176. The van der Waals surface area contributed by atoms with Gasteiger partial charge in [-0.3, -0.25) is 0 Å². The molecule has 1 N–H and O–H groups in total. The zero-order valence-electron chi connectivity index (χ0n) is 15.8. The van der Waals surface area contributed by atoms with Crippen molar-refractivity contribution in [3.8, 4) is 34.3 Å². The molecule has 2 aromatic carbocycles. The Labute approximate surface area is 172 Å². The number of pyridine rings is 1. The number of rotatable bonds is 3. The molecule has 0 bridgehead atoms. The third-order valence-electron chi connectivity index (χ3n) is 5.35. The number of halogens is 1. The van der Waals surface area contributed by atoms with Crippen LogP contribution in [0.3, 0.4) is 0 Å². The van der Waals surface area contributed by atoms with Crippen LogP contribution in [0.25, 0.3) is 22.0 Å². The van der Waals surface area contributed by atoms with Crippen LogP contribution in [0.15, 0.2) is 36.5 Å². The standard InChI is InChI=1S/C21H17NO6.ClH/c1-25-17-5-11-3-15-14-8-20-19(27-10-28-20)6-12(14)4-16(21(23)24)22(15)9-13(11)7-18(17)26-2;/h3,5-9,16H,4,10H2,1-2H3;1H. The second kappa shape index (κ2) is 7.00. The number of carboxylic acid groups (broad SMARTS) is 1. The molecular weight excluding hydrogens is 398 g/mol. The van der Waals surface area contributed by atoms with E-state index in [4.69, 9.17) is 18.9 Å². The molecule has 0 fully saturated rings. The summed E-state index contributed by atoms with van der Waals surface area (Å²) in [7, 11) is 3.17. The highest BCUT2D eigenvalue weighted by Gasteiger charge is 2.38. The average molecular weight is 416 g/mol. The maximum Gasteiger partial charge on any atom is 0.373 e. The Morgan fingerprint density at radius 1 is 1.03 bits per heavy atom. The predicted octanol–water partition coefficient (Wildman–Crippen LogP) is -0.274. The summed E-state index contributed by atoms with van der Waals surface area (Å²) in [5.74, 6) is 1.67. The van der Waals surface area contributed by atoms with Crippen LogP contribution >= 0.6 is 0 Å². The van der Waals surface area contributed by atoms with E-state index in [0.717, 1.165) is 27.6 Å². The Hall–Kier alpha value is -3.19. The van der Waals surface area contributed by atoms with Gasteiger partial charge in [-0.15, -0.1) is 0 Å². The summed E-state index contributed by atoms with van der Waals surface area (Å²) in [6.07, 6.45) is 2.23. The number of carboxylic acids is 1. The summed E-state index contributed by atoms with van der Waals surface area (Å²) in [4.78, 5) is 12.0. The number of carbonyl (C=O) groups is 1. The van der Waals surface area contributed by atoms with Crippen LogP contribution < -0.4 is 35.9 Å². The van der Waals surface area contributed by atoms with Crippen molar-refractivity contribution >= 4 is 16.7 Å². The number of benzene rings is 2. The highest BCUT2D eigenvalue weighted by atomic mass is 35.5. The van der Waals surface area contributed by atoms with E-state index < -0.39 is 12.0 Å². The van der Waals surface area contributed by atoms with Gasteiger partial charge in [0.15, 0.2) is 29.2 Å². The molecule has 0 radical (unpaired) electrons. The number of ether oxygens (including phenoxy) is 4. The quantitative estimate of drug-likeness (QED) is 0.593. The molecule has 0 spiro atoms. The second-order valence-corrected chi connectivity index (χ2v) is 6.82. The number of hydrogen-bond donors (Lipinski definition) is 1. The molecule has 1 unspecified atom stereocenters. The fourth-order valence-corrected chi connectivity index (χ4v) is 3.97. The van der Waals surface area contributed by atoms with Crippen LogP contribution in [0.2, 0.25) is 0 Å². The van der Waals surface area contributed by atoms with Crippen LogP contribution in [0, 0.1) is 0 Å². The highest BCUT2D eigenvalue weighted by Crippen LogP contribution is 2.42. The van der Waals surface area contributed by atoms with Gasteiger partial charge in [0.2, 0.25) is 12.5 Å². The van der Waals surface area contributed by atoms with E-state index in [2.05, 4.69) is 0 Å². The number of aromatic nitrogens is 1. The Kier molecular flexibility index (Phi) is 4.62. The molecule has 2 aliphatic heterocycles. The molecule has 1 atom stereocenters. The van der Waals surface area contributed by atoms with Gasteiger partial charge in [0.25, 0.3) is 6.04 Å². The number of aliphatic carboxylic acids is 1. The molecular formula is C21H18ClNO6. The van der Waals surface area contributed by atoms with Crippen molar-refractivity contribution in [2.45, 2.75) is 12.5 Å². The normalized spacial score (nSPS) is 15.9. The van der Waals surface area contributed by atoms with Gasteiger partial charge in [-0.05, 0) is 35.2 Å². The molecule has 8 heteroatoms. The second-order valence-electron chi connectivity index (χ2n) is 6.82. The maximum atomic E-state index is 12.0. The molecule has 2 aliphatic rings. The number of fused-ring (bicyclic) bond motifs is 5. The van der Waals surface area contributed by atoms with Crippen LogP contribution in [0.1, 0.15) is 11.6 Å². The topological polar surface area (TPSA) is 78.1 Å². The smallest absolute Gasteiger partial charge is 0.373 e. The lowest BCUT2D eigenvalue weighted by atomic mass is 9.91. The third-order valence-corrected chi connectivity index (χ3v) is 5.35. The minimum Gasteiger partial charge on any atom is -1.00 e. The van der Waals surface area contributed by atoms with Crippen molar-refractivity contribution in [3.63, 3.8) is 0 Å². The largest absolute Gasteiger partial charge is 1.00 e. The summed E-state index contributed by atoms with van der Waals surface area (Å²) in [5.41, 5.74) is 2.68. The molecule has 29 heavy (non-hydrogen) atoms. The lowest BCUT2D eigenvalue weighted by Gasteiger charge is -2.21. The fraction of sp³-hybridized carbons (Fsp3) is 0.238. The van der Waals surface area contributed by atoms with Gasteiger partial charge in [-0.2, -0.15) is 4.57 Å². The fourth-order valence-electron chi connectivity index (χ4n) is 3.97. The zero-order valence-corrected chi connectivity index (χ0v) is 16.5. The van der Waals surface area contributed by atoms with Gasteiger partial charge >= 0.3 is 5.97 Å². The van der Waals surface area contributed by atoms with Crippen molar-refractivity contribution < 1.29 is 45.8 Å². The van der Waals surface area contributed by atoms with Crippen molar-refractivity contribution in [3.05, 3.63) is 42.1 Å². The van der Waals surface area contributed by atoms with E-state index in [1.54, 1.807) is 18.8 Å². The molecule has 0 saturated heterocycles. The van der Waals surface area contributed by atoms with Gasteiger partial charge in [-0.1, -0.05) is 0 Å². The van der Waals surface area contributed by atoms with Crippen molar-refractivity contribution in [2.24, 2.45) is 0 Å². The van der Waals surface area contributed by atoms with Crippen molar-refractivity contribution in [1.82, 2.24) is 0 Å². The van der Waals surface area contributed by atoms with Gasteiger partial charge in [-0.25, -0.2) is 4.79 Å². The predicted molar refractivity (Wildman–Crippen MR) is 99.2 cm³/mol.